The number of piperidine rings is 1. The van der Waals surface area contributed by atoms with Crippen LogP contribution in [0.15, 0.2) is 48.8 Å². The van der Waals surface area contributed by atoms with Crippen LogP contribution in [0.3, 0.4) is 0 Å². The second-order valence-corrected chi connectivity index (χ2v) is 7.16. The van der Waals surface area contributed by atoms with E-state index in [0.29, 0.717) is 24.6 Å². The summed E-state index contributed by atoms with van der Waals surface area (Å²) in [5.74, 6) is 0.855. The van der Waals surface area contributed by atoms with E-state index in [-0.39, 0.29) is 5.78 Å². The molecule has 0 saturated carbocycles. The van der Waals surface area contributed by atoms with Crippen molar-refractivity contribution in [3.8, 4) is 5.75 Å². The predicted molar refractivity (Wildman–Crippen MR) is 108 cm³/mol. The molecule has 0 unspecified atom stereocenters. The quantitative estimate of drug-likeness (QED) is 0.459. The van der Waals surface area contributed by atoms with Gasteiger partial charge in [0, 0.05) is 24.9 Å². The topological polar surface area (TPSA) is 42.4 Å². The summed E-state index contributed by atoms with van der Waals surface area (Å²) < 4.78 is 5.91. The number of carbonyl (C=O) groups excluding carboxylic acids is 1. The zero-order chi connectivity index (χ0) is 18.9. The molecule has 0 N–H and O–H groups in total. The van der Waals surface area contributed by atoms with Crippen molar-refractivity contribution in [2.24, 2.45) is 0 Å². The predicted octanol–water partition coefficient (Wildman–Crippen LogP) is 5.06. The molecular formula is C23H30N2O2. The normalized spacial score (nSPS) is 17.6. The Labute approximate surface area is 162 Å². The molecule has 3 rings (SSSR count). The first-order valence-electron chi connectivity index (χ1n) is 10.2. The Hall–Kier alpha value is -2.20. The fourth-order valence-corrected chi connectivity index (χ4v) is 3.82. The summed E-state index contributed by atoms with van der Waals surface area (Å²) in [5, 5.41) is 0. The van der Waals surface area contributed by atoms with E-state index < -0.39 is 0 Å². The average Bonchev–Trinajstić information content (AvgIpc) is 2.74. The summed E-state index contributed by atoms with van der Waals surface area (Å²) >= 11 is 0. The van der Waals surface area contributed by atoms with Gasteiger partial charge >= 0.3 is 0 Å². The Morgan fingerprint density at radius 1 is 1.19 bits per heavy atom. The Balaban J connectivity index is 1.47. The van der Waals surface area contributed by atoms with Crippen LogP contribution in [0.25, 0.3) is 0 Å². The lowest BCUT2D eigenvalue weighted by molar-refractivity contribution is 0.0984. The Bertz CT molecular complexity index is 717. The summed E-state index contributed by atoms with van der Waals surface area (Å²) in [7, 11) is 0. The van der Waals surface area contributed by atoms with Gasteiger partial charge in [-0.3, -0.25) is 14.7 Å². The van der Waals surface area contributed by atoms with Gasteiger partial charge < -0.3 is 4.74 Å². The summed E-state index contributed by atoms with van der Waals surface area (Å²) in [6.07, 6.45) is 10.2. The van der Waals surface area contributed by atoms with Crippen LogP contribution in [0, 0.1) is 0 Å². The number of ether oxygens (including phenoxy) is 1. The third kappa shape index (κ3) is 5.39. The molecule has 4 heteroatoms. The maximum Gasteiger partial charge on any atom is 0.166 e. The standard InChI is InChI=1S/C23H30N2O2/c1-2-22(26)20-11-3-4-13-23(20)27-17-8-7-16-25-15-6-5-12-21(25)19-10-9-14-24-18-19/h3-4,9-11,13-14,18,21H,2,5-8,12,15-17H2,1H3/t21-/m1/s1. The van der Waals surface area contributed by atoms with Crippen LogP contribution in [0.4, 0.5) is 0 Å². The van der Waals surface area contributed by atoms with Crippen molar-refractivity contribution >= 4 is 5.78 Å². The molecule has 1 aromatic heterocycles. The molecule has 1 aliphatic heterocycles. The number of Topliss-reactive ketones (excluding diaryl/α,β-unsaturated/α-hetero) is 1. The molecule has 144 valence electrons. The van der Waals surface area contributed by atoms with Crippen LogP contribution in [-0.2, 0) is 0 Å². The second kappa shape index (κ2) is 10.2. The molecule has 1 aromatic carbocycles. The third-order valence-corrected chi connectivity index (χ3v) is 5.29. The van der Waals surface area contributed by atoms with Gasteiger partial charge in [0.05, 0.1) is 12.2 Å². The molecule has 0 radical (unpaired) electrons. The van der Waals surface area contributed by atoms with Gasteiger partial charge in [-0.15, -0.1) is 0 Å². The van der Waals surface area contributed by atoms with Crippen LogP contribution in [0.1, 0.15) is 67.4 Å². The molecule has 2 heterocycles. The Morgan fingerprint density at radius 2 is 2.07 bits per heavy atom. The first-order valence-corrected chi connectivity index (χ1v) is 10.2. The number of ketones is 1. The van der Waals surface area contributed by atoms with E-state index in [1.165, 1.54) is 24.8 Å². The van der Waals surface area contributed by atoms with Crippen molar-refractivity contribution in [1.29, 1.82) is 0 Å². The van der Waals surface area contributed by atoms with Crippen LogP contribution in [0.2, 0.25) is 0 Å². The maximum atomic E-state index is 12.0. The largest absolute Gasteiger partial charge is 0.493 e. The van der Waals surface area contributed by atoms with E-state index in [1.54, 1.807) is 0 Å². The fraction of sp³-hybridized carbons (Fsp3) is 0.478. The summed E-state index contributed by atoms with van der Waals surface area (Å²) in [6.45, 7) is 4.78. The Morgan fingerprint density at radius 3 is 2.89 bits per heavy atom. The number of hydrogen-bond donors (Lipinski definition) is 0. The molecule has 0 aliphatic carbocycles. The third-order valence-electron chi connectivity index (χ3n) is 5.29. The van der Waals surface area contributed by atoms with E-state index in [2.05, 4.69) is 16.0 Å². The highest BCUT2D eigenvalue weighted by Crippen LogP contribution is 2.30. The van der Waals surface area contributed by atoms with Crippen LogP contribution in [0.5, 0.6) is 5.75 Å². The number of benzene rings is 1. The van der Waals surface area contributed by atoms with Gasteiger partial charge in [0.15, 0.2) is 5.78 Å². The van der Waals surface area contributed by atoms with Crippen molar-refractivity contribution in [2.75, 3.05) is 19.7 Å². The van der Waals surface area contributed by atoms with Gasteiger partial charge in [-0.25, -0.2) is 0 Å². The average molecular weight is 367 g/mol. The lowest BCUT2D eigenvalue weighted by Gasteiger charge is -2.35. The number of unbranched alkanes of at least 4 members (excludes halogenated alkanes) is 1. The van der Waals surface area contributed by atoms with Crippen molar-refractivity contribution in [1.82, 2.24) is 9.88 Å². The van der Waals surface area contributed by atoms with Crippen molar-refractivity contribution in [3.05, 3.63) is 59.9 Å². The summed E-state index contributed by atoms with van der Waals surface area (Å²) in [6, 6.07) is 12.3. The molecule has 0 bridgehead atoms. The molecule has 0 amide bonds. The molecule has 0 spiro atoms. The van der Waals surface area contributed by atoms with E-state index >= 15 is 0 Å². The minimum atomic E-state index is 0.137. The molecule has 2 aromatic rings. The molecule has 1 aliphatic rings. The van der Waals surface area contributed by atoms with Gasteiger partial charge in [0.1, 0.15) is 5.75 Å². The lowest BCUT2D eigenvalue weighted by atomic mass is 9.96. The lowest BCUT2D eigenvalue weighted by Crippen LogP contribution is -2.34. The number of nitrogens with zero attached hydrogens (tertiary/aromatic N) is 2. The van der Waals surface area contributed by atoms with Gasteiger partial charge in [-0.2, -0.15) is 0 Å². The SMILES string of the molecule is CCC(=O)c1ccccc1OCCCCN1CCCC[C@@H]1c1cccnc1. The minimum Gasteiger partial charge on any atom is -0.493 e. The van der Waals surface area contributed by atoms with Crippen molar-refractivity contribution < 1.29 is 9.53 Å². The van der Waals surface area contributed by atoms with E-state index in [0.717, 1.165) is 31.7 Å². The molecule has 1 fully saturated rings. The first kappa shape index (κ1) is 19.6. The van der Waals surface area contributed by atoms with E-state index in [4.69, 9.17) is 4.74 Å². The van der Waals surface area contributed by atoms with Crippen molar-refractivity contribution in [3.63, 3.8) is 0 Å². The van der Waals surface area contributed by atoms with Crippen molar-refractivity contribution in [2.45, 2.75) is 51.5 Å². The second-order valence-electron chi connectivity index (χ2n) is 7.16. The molecule has 1 atom stereocenters. The highest BCUT2D eigenvalue weighted by molar-refractivity contribution is 5.98. The first-order chi connectivity index (χ1) is 13.3. The van der Waals surface area contributed by atoms with Crippen LogP contribution < -0.4 is 4.74 Å². The number of aromatic nitrogens is 1. The Kier molecular flexibility index (Phi) is 7.40. The molecule has 27 heavy (non-hydrogen) atoms. The molecule has 1 saturated heterocycles. The number of hydrogen-bond acceptors (Lipinski definition) is 4. The minimum absolute atomic E-state index is 0.137. The fourth-order valence-electron chi connectivity index (χ4n) is 3.82. The zero-order valence-electron chi connectivity index (χ0n) is 16.3. The maximum absolute atomic E-state index is 12.0. The van der Waals surface area contributed by atoms with Gasteiger partial charge in [0.25, 0.3) is 0 Å². The number of para-hydroxylation sites is 1. The van der Waals surface area contributed by atoms with Gasteiger partial charge in [-0.05, 0) is 62.5 Å². The molecular weight excluding hydrogens is 336 g/mol. The highest BCUT2D eigenvalue weighted by Gasteiger charge is 2.23. The zero-order valence-corrected chi connectivity index (χ0v) is 16.3. The van der Waals surface area contributed by atoms with E-state index in [1.807, 2.05) is 49.6 Å². The highest BCUT2D eigenvalue weighted by atomic mass is 16.5. The molecule has 4 nitrogen and oxygen atoms in total. The smallest absolute Gasteiger partial charge is 0.166 e. The van der Waals surface area contributed by atoms with Crippen LogP contribution in [-0.4, -0.2) is 35.4 Å². The van der Waals surface area contributed by atoms with Gasteiger partial charge in [0.2, 0.25) is 0 Å². The number of carbonyl (C=O) groups is 1. The number of rotatable bonds is 9. The van der Waals surface area contributed by atoms with E-state index in [9.17, 15) is 4.79 Å². The summed E-state index contributed by atoms with van der Waals surface area (Å²) in [4.78, 5) is 18.9. The monoisotopic (exact) mass is 366 g/mol. The van der Waals surface area contributed by atoms with Gasteiger partial charge in [-0.1, -0.05) is 31.5 Å². The summed E-state index contributed by atoms with van der Waals surface area (Å²) in [5.41, 5.74) is 2.04. The number of likely N-dealkylation sites (tertiary alicyclic amines) is 1. The van der Waals surface area contributed by atoms with Crippen LogP contribution >= 0.6 is 0 Å². The number of pyridine rings is 1.